The molecule has 1 aromatic rings. The summed E-state index contributed by atoms with van der Waals surface area (Å²) in [5, 5.41) is 0. The molecule has 0 atom stereocenters. The maximum absolute atomic E-state index is 4.09. The number of hydrogen-bond acceptors (Lipinski definition) is 2. The van der Waals surface area contributed by atoms with Crippen molar-refractivity contribution in [2.24, 2.45) is 0 Å². The molecule has 0 aliphatic rings. The van der Waals surface area contributed by atoms with E-state index in [1.807, 2.05) is 27.0 Å². The van der Waals surface area contributed by atoms with Crippen LogP contribution in [0.4, 0.5) is 0 Å². The van der Waals surface area contributed by atoms with Gasteiger partial charge in [0.1, 0.15) is 6.33 Å². The summed E-state index contributed by atoms with van der Waals surface area (Å²) in [6.07, 6.45) is 3.47. The summed E-state index contributed by atoms with van der Waals surface area (Å²) in [6.45, 7) is 10.3. The zero-order valence-corrected chi connectivity index (χ0v) is 8.63. The van der Waals surface area contributed by atoms with Crippen LogP contribution >= 0.6 is 0 Å². The van der Waals surface area contributed by atoms with E-state index in [0.717, 1.165) is 5.69 Å². The van der Waals surface area contributed by atoms with Gasteiger partial charge >= 0.3 is 0 Å². The number of hydrogen-bond donors (Lipinski definition) is 0. The molecule has 0 aliphatic carbocycles. The van der Waals surface area contributed by atoms with E-state index in [2.05, 4.69) is 23.8 Å². The maximum Gasteiger partial charge on any atom is 0.115 e. The lowest BCUT2D eigenvalue weighted by molar-refractivity contribution is 0.828. The third kappa shape index (κ3) is 2.99. The molecular formula is C10H18N2. The molecule has 0 unspecified atom stereocenters. The van der Waals surface area contributed by atoms with Crippen LogP contribution in [0.25, 0.3) is 0 Å². The largest absolute Gasteiger partial charge is 0.245 e. The second-order valence-corrected chi connectivity index (χ2v) is 2.72. The third-order valence-electron chi connectivity index (χ3n) is 1.57. The second-order valence-electron chi connectivity index (χ2n) is 2.72. The summed E-state index contributed by atoms with van der Waals surface area (Å²) in [7, 11) is 0. The zero-order valence-electron chi connectivity index (χ0n) is 8.63. The SMILES string of the molecule is CC.Cc1ncncc1C(C)C. The van der Waals surface area contributed by atoms with Gasteiger partial charge in [-0.05, 0) is 18.4 Å². The normalized spacial score (nSPS) is 9.17. The van der Waals surface area contributed by atoms with Gasteiger partial charge in [0.25, 0.3) is 0 Å². The van der Waals surface area contributed by atoms with Crippen molar-refractivity contribution in [1.29, 1.82) is 0 Å². The van der Waals surface area contributed by atoms with Gasteiger partial charge in [-0.1, -0.05) is 27.7 Å². The van der Waals surface area contributed by atoms with E-state index in [1.165, 1.54) is 5.56 Å². The van der Waals surface area contributed by atoms with Gasteiger partial charge in [-0.15, -0.1) is 0 Å². The van der Waals surface area contributed by atoms with Gasteiger partial charge in [0, 0.05) is 11.9 Å². The first-order valence-corrected chi connectivity index (χ1v) is 4.48. The monoisotopic (exact) mass is 166 g/mol. The zero-order chi connectivity index (χ0) is 9.56. The lowest BCUT2D eigenvalue weighted by Gasteiger charge is -2.05. The predicted molar refractivity (Wildman–Crippen MR) is 52.2 cm³/mol. The van der Waals surface area contributed by atoms with Crippen LogP contribution in [0.1, 0.15) is 44.9 Å². The Hall–Kier alpha value is -0.920. The van der Waals surface area contributed by atoms with Crippen LogP contribution < -0.4 is 0 Å². The van der Waals surface area contributed by atoms with Crippen molar-refractivity contribution >= 4 is 0 Å². The highest BCUT2D eigenvalue weighted by molar-refractivity contribution is 5.17. The van der Waals surface area contributed by atoms with E-state index in [1.54, 1.807) is 6.33 Å². The first-order valence-electron chi connectivity index (χ1n) is 4.48. The summed E-state index contributed by atoms with van der Waals surface area (Å²) in [6, 6.07) is 0. The van der Waals surface area contributed by atoms with Crippen LogP contribution in [0.5, 0.6) is 0 Å². The van der Waals surface area contributed by atoms with Crippen molar-refractivity contribution < 1.29 is 0 Å². The van der Waals surface area contributed by atoms with Crippen LogP contribution in [0.2, 0.25) is 0 Å². The molecule has 0 fully saturated rings. The van der Waals surface area contributed by atoms with E-state index < -0.39 is 0 Å². The quantitative estimate of drug-likeness (QED) is 0.641. The highest BCUT2D eigenvalue weighted by atomic mass is 14.8. The highest BCUT2D eigenvalue weighted by Gasteiger charge is 2.01. The molecule has 2 heteroatoms. The minimum absolute atomic E-state index is 0.529. The van der Waals surface area contributed by atoms with E-state index in [4.69, 9.17) is 0 Å². The Morgan fingerprint density at radius 3 is 2.17 bits per heavy atom. The van der Waals surface area contributed by atoms with Crippen molar-refractivity contribution in [2.75, 3.05) is 0 Å². The molecule has 0 spiro atoms. The second kappa shape index (κ2) is 5.70. The molecule has 1 heterocycles. The van der Waals surface area contributed by atoms with Crippen LogP contribution in [0, 0.1) is 6.92 Å². The summed E-state index contributed by atoms with van der Waals surface area (Å²) in [5.41, 5.74) is 2.33. The number of nitrogens with zero attached hydrogens (tertiary/aromatic N) is 2. The molecule has 0 saturated carbocycles. The minimum Gasteiger partial charge on any atom is -0.245 e. The Labute approximate surface area is 75.1 Å². The fraction of sp³-hybridized carbons (Fsp3) is 0.600. The molecule has 2 nitrogen and oxygen atoms in total. The van der Waals surface area contributed by atoms with Gasteiger partial charge in [-0.25, -0.2) is 9.97 Å². The van der Waals surface area contributed by atoms with Gasteiger partial charge < -0.3 is 0 Å². The molecule has 1 rings (SSSR count). The van der Waals surface area contributed by atoms with Crippen molar-refractivity contribution in [2.45, 2.75) is 40.5 Å². The molecular weight excluding hydrogens is 148 g/mol. The lowest BCUT2D eigenvalue weighted by Crippen LogP contribution is -1.95. The van der Waals surface area contributed by atoms with Gasteiger partial charge in [0.05, 0.1) is 0 Å². The third-order valence-corrected chi connectivity index (χ3v) is 1.57. The van der Waals surface area contributed by atoms with Crippen molar-refractivity contribution in [3.05, 3.63) is 23.8 Å². The van der Waals surface area contributed by atoms with Crippen LogP contribution in [0.3, 0.4) is 0 Å². The molecule has 68 valence electrons. The summed E-state index contributed by atoms with van der Waals surface area (Å²) in [5.74, 6) is 0.529. The molecule has 0 bridgehead atoms. The van der Waals surface area contributed by atoms with E-state index >= 15 is 0 Å². The first-order chi connectivity index (χ1) is 5.72. The van der Waals surface area contributed by atoms with Crippen LogP contribution in [-0.2, 0) is 0 Å². The number of aryl methyl sites for hydroxylation is 1. The molecule has 0 saturated heterocycles. The standard InChI is InChI=1S/C8H12N2.C2H6/c1-6(2)8-4-9-5-10-7(8)3;1-2/h4-6H,1-3H3;1-2H3. The molecule has 0 aliphatic heterocycles. The maximum atomic E-state index is 4.09. The fourth-order valence-corrected chi connectivity index (χ4v) is 0.968. The van der Waals surface area contributed by atoms with Gasteiger partial charge in [-0.2, -0.15) is 0 Å². The van der Waals surface area contributed by atoms with Crippen molar-refractivity contribution in [3.63, 3.8) is 0 Å². The molecule has 12 heavy (non-hydrogen) atoms. The summed E-state index contributed by atoms with van der Waals surface area (Å²) >= 11 is 0. The Balaban J connectivity index is 0.000000561. The average Bonchev–Trinajstić information content (AvgIpc) is 2.08. The molecule has 0 N–H and O–H groups in total. The Morgan fingerprint density at radius 1 is 1.25 bits per heavy atom. The Bertz CT molecular complexity index is 219. The van der Waals surface area contributed by atoms with E-state index in [-0.39, 0.29) is 0 Å². The minimum atomic E-state index is 0.529. The fourth-order valence-electron chi connectivity index (χ4n) is 0.968. The first kappa shape index (κ1) is 11.1. The van der Waals surface area contributed by atoms with E-state index in [0.29, 0.717) is 5.92 Å². The van der Waals surface area contributed by atoms with Crippen molar-refractivity contribution in [1.82, 2.24) is 9.97 Å². The Kier molecular flexibility index (Phi) is 5.26. The summed E-state index contributed by atoms with van der Waals surface area (Å²) < 4.78 is 0. The molecule has 1 aromatic heterocycles. The average molecular weight is 166 g/mol. The molecule has 0 radical (unpaired) electrons. The Morgan fingerprint density at radius 2 is 1.83 bits per heavy atom. The van der Waals surface area contributed by atoms with Crippen LogP contribution in [-0.4, -0.2) is 9.97 Å². The molecule has 0 aromatic carbocycles. The van der Waals surface area contributed by atoms with Gasteiger partial charge in [-0.3, -0.25) is 0 Å². The number of rotatable bonds is 1. The van der Waals surface area contributed by atoms with Gasteiger partial charge in [0.15, 0.2) is 0 Å². The van der Waals surface area contributed by atoms with Crippen LogP contribution in [0.15, 0.2) is 12.5 Å². The lowest BCUT2D eigenvalue weighted by atomic mass is 10.0. The van der Waals surface area contributed by atoms with E-state index in [9.17, 15) is 0 Å². The summed E-state index contributed by atoms with van der Waals surface area (Å²) in [4.78, 5) is 8.04. The predicted octanol–water partition coefficient (Wildman–Crippen LogP) is 2.93. The molecule has 0 amide bonds. The smallest absolute Gasteiger partial charge is 0.115 e. The highest BCUT2D eigenvalue weighted by Crippen LogP contribution is 2.14. The topological polar surface area (TPSA) is 25.8 Å². The van der Waals surface area contributed by atoms with Gasteiger partial charge in [0.2, 0.25) is 0 Å². The van der Waals surface area contributed by atoms with Crippen molar-refractivity contribution in [3.8, 4) is 0 Å². The number of aromatic nitrogens is 2.